The first-order chi connectivity index (χ1) is 8.79. The molecule has 0 fully saturated rings. The molecule has 1 aromatic heterocycles. The van der Waals surface area contributed by atoms with E-state index in [1.807, 2.05) is 5.32 Å². The molecule has 0 aliphatic heterocycles. The lowest BCUT2D eigenvalue weighted by Gasteiger charge is -2.17. The number of halogens is 5. The molecule has 0 saturated carbocycles. The van der Waals surface area contributed by atoms with E-state index in [2.05, 4.69) is 11.0 Å². The summed E-state index contributed by atoms with van der Waals surface area (Å²) in [6.45, 7) is -1.63. The molecule has 1 aromatic rings. The van der Waals surface area contributed by atoms with Gasteiger partial charge in [-0.3, -0.25) is 4.79 Å². The van der Waals surface area contributed by atoms with Crippen molar-refractivity contribution in [2.75, 3.05) is 11.9 Å². The van der Waals surface area contributed by atoms with Gasteiger partial charge in [-0.05, 0) is 0 Å². The van der Waals surface area contributed by atoms with Gasteiger partial charge in [0.25, 0.3) is 5.56 Å². The Morgan fingerprint density at radius 2 is 2.21 bits per heavy atom. The van der Waals surface area contributed by atoms with Crippen molar-refractivity contribution < 1.29 is 17.6 Å². The van der Waals surface area contributed by atoms with Crippen molar-refractivity contribution in [3.8, 4) is 12.3 Å². The van der Waals surface area contributed by atoms with Gasteiger partial charge in [-0.1, -0.05) is 17.5 Å². The number of rotatable bonds is 5. The van der Waals surface area contributed by atoms with Crippen LogP contribution in [0, 0.1) is 12.3 Å². The van der Waals surface area contributed by atoms with Crippen LogP contribution in [0.5, 0.6) is 0 Å². The molecule has 0 saturated heterocycles. The Hall–Kier alpha value is -1.75. The fraction of sp³-hybridized carbons (Fsp3) is 0.400. The molecule has 4 nitrogen and oxygen atoms in total. The predicted octanol–water partition coefficient (Wildman–Crippen LogP) is 1.84. The van der Waals surface area contributed by atoms with Crippen molar-refractivity contribution in [2.45, 2.75) is 18.9 Å². The summed E-state index contributed by atoms with van der Waals surface area (Å²) in [4.78, 5) is 11.7. The Kier molecular flexibility index (Phi) is 4.78. The van der Waals surface area contributed by atoms with Gasteiger partial charge in [-0.25, -0.2) is 13.5 Å². The normalized spacial score (nSPS) is 11.4. The highest BCUT2D eigenvalue weighted by Gasteiger charge is 2.40. The molecule has 0 unspecified atom stereocenters. The van der Waals surface area contributed by atoms with E-state index in [0.717, 1.165) is 10.9 Å². The van der Waals surface area contributed by atoms with Crippen LogP contribution >= 0.6 is 11.6 Å². The summed E-state index contributed by atoms with van der Waals surface area (Å²) < 4.78 is 50.2. The van der Waals surface area contributed by atoms with E-state index in [0.29, 0.717) is 0 Å². The van der Waals surface area contributed by atoms with Crippen LogP contribution in [0.15, 0.2) is 11.0 Å². The molecule has 0 radical (unpaired) electrons. The maximum absolute atomic E-state index is 12.7. The maximum Gasteiger partial charge on any atom is 0.324 e. The number of hydrogen-bond donors (Lipinski definition) is 1. The molecule has 1 rings (SSSR count). The zero-order valence-electron chi connectivity index (χ0n) is 9.34. The Balaban J connectivity index is 2.99. The molecular weight excluding hydrogens is 290 g/mol. The molecule has 0 spiro atoms. The molecule has 1 heterocycles. The maximum atomic E-state index is 12.7. The van der Waals surface area contributed by atoms with Crippen LogP contribution in [0.3, 0.4) is 0 Å². The van der Waals surface area contributed by atoms with Crippen LogP contribution in [0.2, 0.25) is 5.02 Å². The molecule has 0 bridgehead atoms. The summed E-state index contributed by atoms with van der Waals surface area (Å²) in [5.41, 5.74) is -1.32. The number of nitrogens with zero attached hydrogens (tertiary/aromatic N) is 2. The second kappa shape index (κ2) is 5.93. The quantitative estimate of drug-likeness (QED) is 0.666. The Labute approximate surface area is 110 Å². The molecule has 0 amide bonds. The van der Waals surface area contributed by atoms with Gasteiger partial charge in [0.15, 0.2) is 0 Å². The first-order valence-electron chi connectivity index (χ1n) is 4.88. The molecule has 104 valence electrons. The SMILES string of the molecule is C#CCn1ncc(Cl)c(NCC(F)(F)C(F)F)c1=O. The van der Waals surface area contributed by atoms with Gasteiger partial charge in [0, 0.05) is 0 Å². The Morgan fingerprint density at radius 3 is 2.74 bits per heavy atom. The third kappa shape index (κ3) is 3.61. The van der Waals surface area contributed by atoms with Crippen LogP contribution in [0.25, 0.3) is 0 Å². The number of nitrogens with one attached hydrogen (secondary N) is 1. The highest BCUT2D eigenvalue weighted by atomic mass is 35.5. The Bertz CT molecular complexity index is 553. The van der Waals surface area contributed by atoms with Gasteiger partial charge in [0.2, 0.25) is 0 Å². The number of aromatic nitrogens is 2. The second-order valence-electron chi connectivity index (χ2n) is 3.45. The van der Waals surface area contributed by atoms with Crippen molar-refractivity contribution in [1.29, 1.82) is 0 Å². The first-order valence-corrected chi connectivity index (χ1v) is 5.26. The van der Waals surface area contributed by atoms with Gasteiger partial charge in [-0.15, -0.1) is 6.42 Å². The second-order valence-corrected chi connectivity index (χ2v) is 3.86. The number of terminal acetylenes is 1. The third-order valence-corrected chi connectivity index (χ3v) is 2.35. The number of alkyl halides is 4. The van der Waals surface area contributed by atoms with Gasteiger partial charge in [-0.2, -0.15) is 13.9 Å². The lowest BCUT2D eigenvalue weighted by Crippen LogP contribution is -2.37. The van der Waals surface area contributed by atoms with Gasteiger partial charge in [0.05, 0.1) is 17.8 Å². The third-order valence-electron chi connectivity index (χ3n) is 2.06. The highest BCUT2D eigenvalue weighted by Crippen LogP contribution is 2.24. The van der Waals surface area contributed by atoms with E-state index in [9.17, 15) is 22.4 Å². The fourth-order valence-electron chi connectivity index (χ4n) is 1.11. The van der Waals surface area contributed by atoms with E-state index in [4.69, 9.17) is 18.0 Å². The average Bonchev–Trinajstić information content (AvgIpc) is 2.32. The van der Waals surface area contributed by atoms with Crippen LogP contribution in [0.4, 0.5) is 23.2 Å². The molecule has 1 N–H and O–H groups in total. The van der Waals surface area contributed by atoms with E-state index in [1.54, 1.807) is 0 Å². The molecule has 0 aliphatic rings. The van der Waals surface area contributed by atoms with Crippen LogP contribution in [-0.4, -0.2) is 28.7 Å². The van der Waals surface area contributed by atoms with Gasteiger partial charge < -0.3 is 5.32 Å². The van der Waals surface area contributed by atoms with E-state index in [-0.39, 0.29) is 11.6 Å². The minimum atomic E-state index is -4.28. The van der Waals surface area contributed by atoms with Gasteiger partial charge >= 0.3 is 12.3 Å². The predicted molar refractivity (Wildman–Crippen MR) is 61.8 cm³/mol. The summed E-state index contributed by atoms with van der Waals surface area (Å²) in [6.07, 6.45) is 2.13. The summed E-state index contributed by atoms with van der Waals surface area (Å²) in [7, 11) is 0. The standard InChI is InChI=1S/C10H8ClF4N3O/c1-2-3-18-8(19)7(6(11)4-17-18)16-5-10(14,15)9(12)13/h1,4,9,16H,3,5H2. The zero-order chi connectivity index (χ0) is 14.6. The average molecular weight is 298 g/mol. The summed E-state index contributed by atoms with van der Waals surface area (Å²) in [5, 5.41) is 5.20. The van der Waals surface area contributed by atoms with E-state index < -0.39 is 30.1 Å². The molecule has 9 heteroatoms. The summed E-state index contributed by atoms with van der Waals surface area (Å²) >= 11 is 5.59. The van der Waals surface area contributed by atoms with Crippen LogP contribution < -0.4 is 10.9 Å². The van der Waals surface area contributed by atoms with Crippen molar-refractivity contribution in [1.82, 2.24) is 9.78 Å². The zero-order valence-corrected chi connectivity index (χ0v) is 10.1. The molecule has 19 heavy (non-hydrogen) atoms. The van der Waals surface area contributed by atoms with Crippen molar-refractivity contribution in [3.63, 3.8) is 0 Å². The minimum absolute atomic E-state index is 0.198. The molecule has 0 atom stereocenters. The topological polar surface area (TPSA) is 46.9 Å². The van der Waals surface area contributed by atoms with E-state index >= 15 is 0 Å². The fourth-order valence-corrected chi connectivity index (χ4v) is 1.30. The smallest absolute Gasteiger partial charge is 0.324 e. The van der Waals surface area contributed by atoms with Crippen molar-refractivity contribution in [2.24, 2.45) is 0 Å². The van der Waals surface area contributed by atoms with Crippen LogP contribution in [-0.2, 0) is 6.54 Å². The van der Waals surface area contributed by atoms with Crippen LogP contribution in [0.1, 0.15) is 0 Å². The molecular formula is C10H8ClF4N3O. The highest BCUT2D eigenvalue weighted by molar-refractivity contribution is 6.32. The lowest BCUT2D eigenvalue weighted by atomic mass is 10.3. The molecule has 0 aromatic carbocycles. The van der Waals surface area contributed by atoms with Crippen molar-refractivity contribution >= 4 is 17.3 Å². The first kappa shape index (κ1) is 15.3. The molecule has 0 aliphatic carbocycles. The number of anilines is 1. The monoisotopic (exact) mass is 297 g/mol. The largest absolute Gasteiger partial charge is 0.373 e. The minimum Gasteiger partial charge on any atom is -0.373 e. The lowest BCUT2D eigenvalue weighted by molar-refractivity contribution is -0.117. The Morgan fingerprint density at radius 1 is 1.58 bits per heavy atom. The summed E-state index contributed by atoms with van der Waals surface area (Å²) in [6, 6.07) is 0. The summed E-state index contributed by atoms with van der Waals surface area (Å²) in [5.74, 6) is -2.16. The number of hydrogen-bond acceptors (Lipinski definition) is 3. The van der Waals surface area contributed by atoms with Crippen molar-refractivity contribution in [3.05, 3.63) is 21.6 Å². The van der Waals surface area contributed by atoms with Gasteiger partial charge in [0.1, 0.15) is 12.2 Å². The van der Waals surface area contributed by atoms with E-state index in [1.165, 1.54) is 0 Å².